The van der Waals surface area contributed by atoms with Crippen LogP contribution in [-0.4, -0.2) is 0 Å². The lowest BCUT2D eigenvalue weighted by Crippen LogP contribution is -2.09. The highest BCUT2D eigenvalue weighted by Crippen LogP contribution is 2.29. The average molecular weight is 330 g/mol. The van der Waals surface area contributed by atoms with Crippen LogP contribution in [0.2, 0.25) is 0 Å². The van der Waals surface area contributed by atoms with Crippen molar-refractivity contribution in [2.45, 2.75) is 38.6 Å². The van der Waals surface area contributed by atoms with E-state index in [-0.39, 0.29) is 0 Å². The summed E-state index contributed by atoms with van der Waals surface area (Å²) >= 11 is 3.56. The molecule has 0 saturated heterocycles. The fraction of sp³-hybridized carbons (Fsp3) is 0.333. The van der Waals surface area contributed by atoms with Crippen molar-refractivity contribution in [3.8, 4) is 0 Å². The van der Waals surface area contributed by atoms with Gasteiger partial charge in [0.05, 0.1) is 6.04 Å². The highest BCUT2D eigenvalue weighted by molar-refractivity contribution is 9.10. The van der Waals surface area contributed by atoms with E-state index in [1.807, 2.05) is 0 Å². The van der Waals surface area contributed by atoms with Gasteiger partial charge in [0.25, 0.3) is 0 Å². The van der Waals surface area contributed by atoms with Gasteiger partial charge in [-0.1, -0.05) is 41.1 Å². The summed E-state index contributed by atoms with van der Waals surface area (Å²) in [6, 6.07) is 15.8. The van der Waals surface area contributed by atoms with Gasteiger partial charge >= 0.3 is 0 Å². The Kier molecular flexibility index (Phi) is 4.11. The average Bonchev–Trinajstić information content (AvgIpc) is 2.92. The van der Waals surface area contributed by atoms with Gasteiger partial charge in [-0.05, 0) is 66.6 Å². The molecular formula is C18H20BrN. The maximum absolute atomic E-state index is 3.68. The number of aryl methyl sites for hydroxylation is 2. The normalized spacial score (nSPS) is 14.9. The second kappa shape index (κ2) is 6.01. The lowest BCUT2D eigenvalue weighted by atomic mass is 10.0. The van der Waals surface area contributed by atoms with Crippen molar-refractivity contribution in [2.24, 2.45) is 0 Å². The third-order valence-corrected chi connectivity index (χ3v) is 4.59. The van der Waals surface area contributed by atoms with Gasteiger partial charge < -0.3 is 5.32 Å². The van der Waals surface area contributed by atoms with Crippen molar-refractivity contribution in [3.05, 3.63) is 63.6 Å². The molecule has 0 aliphatic heterocycles. The van der Waals surface area contributed by atoms with Crippen LogP contribution in [0.4, 0.5) is 5.69 Å². The Hall–Kier alpha value is -1.28. The second-order valence-corrected chi connectivity index (χ2v) is 6.41. The molecule has 0 bridgehead atoms. The Morgan fingerprint density at radius 1 is 1.10 bits per heavy atom. The zero-order valence-electron chi connectivity index (χ0n) is 11.8. The monoisotopic (exact) mass is 329 g/mol. The number of hydrogen-bond acceptors (Lipinski definition) is 1. The van der Waals surface area contributed by atoms with E-state index in [1.54, 1.807) is 0 Å². The van der Waals surface area contributed by atoms with E-state index in [0.29, 0.717) is 6.04 Å². The highest BCUT2D eigenvalue weighted by Gasteiger charge is 2.13. The van der Waals surface area contributed by atoms with Crippen LogP contribution in [0, 0.1) is 0 Å². The number of anilines is 1. The molecule has 0 spiro atoms. The van der Waals surface area contributed by atoms with Crippen LogP contribution in [-0.2, 0) is 12.8 Å². The second-order valence-electron chi connectivity index (χ2n) is 5.50. The van der Waals surface area contributed by atoms with Gasteiger partial charge in [0, 0.05) is 10.2 Å². The van der Waals surface area contributed by atoms with Gasteiger partial charge in [-0.15, -0.1) is 0 Å². The third-order valence-electron chi connectivity index (χ3n) is 4.10. The minimum atomic E-state index is 0.368. The van der Waals surface area contributed by atoms with Gasteiger partial charge in [-0.25, -0.2) is 0 Å². The summed E-state index contributed by atoms with van der Waals surface area (Å²) in [6.07, 6.45) is 4.87. The fourth-order valence-electron chi connectivity index (χ4n) is 3.01. The smallest absolute Gasteiger partial charge is 0.0511 e. The van der Waals surface area contributed by atoms with Crippen LogP contribution in [0.1, 0.15) is 42.5 Å². The zero-order chi connectivity index (χ0) is 13.9. The van der Waals surface area contributed by atoms with Crippen LogP contribution in [0.5, 0.6) is 0 Å². The predicted molar refractivity (Wildman–Crippen MR) is 89.3 cm³/mol. The molecule has 0 fully saturated rings. The quantitative estimate of drug-likeness (QED) is 0.780. The fourth-order valence-corrected chi connectivity index (χ4v) is 3.42. The molecule has 2 aromatic rings. The van der Waals surface area contributed by atoms with E-state index in [4.69, 9.17) is 0 Å². The molecule has 0 radical (unpaired) electrons. The van der Waals surface area contributed by atoms with E-state index in [0.717, 1.165) is 10.9 Å². The Morgan fingerprint density at radius 2 is 1.95 bits per heavy atom. The minimum absolute atomic E-state index is 0.368. The third kappa shape index (κ3) is 2.90. The molecule has 1 unspecified atom stereocenters. The van der Waals surface area contributed by atoms with E-state index in [9.17, 15) is 0 Å². The van der Waals surface area contributed by atoms with E-state index in [2.05, 4.69) is 70.6 Å². The number of hydrogen-bond donors (Lipinski definition) is 1. The first-order valence-corrected chi connectivity index (χ1v) is 8.19. The molecule has 0 saturated carbocycles. The van der Waals surface area contributed by atoms with Crippen LogP contribution in [0.3, 0.4) is 0 Å². The number of benzene rings is 2. The van der Waals surface area contributed by atoms with Crippen molar-refractivity contribution in [1.82, 2.24) is 0 Å². The molecule has 2 aromatic carbocycles. The van der Waals surface area contributed by atoms with E-state index < -0.39 is 0 Å². The minimum Gasteiger partial charge on any atom is -0.378 e. The van der Waals surface area contributed by atoms with Crippen LogP contribution < -0.4 is 5.32 Å². The standard InChI is InChI=1S/C18H20BrN/c1-2-18(15-7-4-8-16(19)11-15)20-17-10-9-13-5-3-6-14(13)12-17/h4,7-12,18,20H,2-3,5-6H2,1H3. The van der Waals surface area contributed by atoms with Gasteiger partial charge in [-0.2, -0.15) is 0 Å². The molecule has 2 heteroatoms. The van der Waals surface area contributed by atoms with Crippen LogP contribution in [0.15, 0.2) is 46.9 Å². The van der Waals surface area contributed by atoms with Crippen LogP contribution >= 0.6 is 15.9 Å². The zero-order valence-corrected chi connectivity index (χ0v) is 13.4. The molecule has 104 valence electrons. The first-order valence-electron chi connectivity index (χ1n) is 7.40. The topological polar surface area (TPSA) is 12.0 Å². The molecule has 0 heterocycles. The molecule has 1 N–H and O–H groups in total. The lowest BCUT2D eigenvalue weighted by molar-refractivity contribution is 0.748. The molecule has 20 heavy (non-hydrogen) atoms. The number of halogens is 1. The molecule has 0 amide bonds. The molecule has 1 aliphatic rings. The van der Waals surface area contributed by atoms with Crippen molar-refractivity contribution in [2.75, 3.05) is 5.32 Å². The predicted octanol–water partition coefficient (Wildman–Crippen LogP) is 5.50. The first kappa shape index (κ1) is 13.7. The Labute approximate surface area is 129 Å². The summed E-state index contributed by atoms with van der Waals surface area (Å²) in [5.74, 6) is 0. The summed E-state index contributed by atoms with van der Waals surface area (Å²) in [4.78, 5) is 0. The van der Waals surface area contributed by atoms with Crippen molar-refractivity contribution in [1.29, 1.82) is 0 Å². The number of fused-ring (bicyclic) bond motifs is 1. The number of nitrogens with one attached hydrogen (secondary N) is 1. The summed E-state index contributed by atoms with van der Waals surface area (Å²) in [5, 5.41) is 3.68. The van der Waals surface area contributed by atoms with Crippen molar-refractivity contribution < 1.29 is 0 Å². The van der Waals surface area contributed by atoms with E-state index in [1.165, 1.54) is 41.6 Å². The Bertz CT molecular complexity index is 606. The largest absolute Gasteiger partial charge is 0.378 e. The summed E-state index contributed by atoms with van der Waals surface area (Å²) in [5.41, 5.74) is 5.64. The first-order chi connectivity index (χ1) is 9.76. The molecule has 1 nitrogen and oxygen atoms in total. The molecule has 1 aliphatic carbocycles. The SMILES string of the molecule is CCC(Nc1ccc2c(c1)CCC2)c1cccc(Br)c1. The van der Waals surface area contributed by atoms with E-state index >= 15 is 0 Å². The molecule has 3 rings (SSSR count). The number of rotatable bonds is 4. The highest BCUT2D eigenvalue weighted by atomic mass is 79.9. The van der Waals surface area contributed by atoms with Crippen LogP contribution in [0.25, 0.3) is 0 Å². The van der Waals surface area contributed by atoms with Gasteiger partial charge in [0.2, 0.25) is 0 Å². The summed E-state index contributed by atoms with van der Waals surface area (Å²) in [6.45, 7) is 2.23. The van der Waals surface area contributed by atoms with Crippen molar-refractivity contribution >= 4 is 21.6 Å². The van der Waals surface area contributed by atoms with Crippen molar-refractivity contribution in [3.63, 3.8) is 0 Å². The summed E-state index contributed by atoms with van der Waals surface area (Å²) < 4.78 is 1.14. The molecule has 1 atom stereocenters. The maximum atomic E-state index is 3.68. The van der Waals surface area contributed by atoms with Gasteiger partial charge in [-0.3, -0.25) is 0 Å². The molecular weight excluding hydrogens is 310 g/mol. The Morgan fingerprint density at radius 3 is 2.75 bits per heavy atom. The maximum Gasteiger partial charge on any atom is 0.0511 e. The molecule has 0 aromatic heterocycles. The van der Waals surface area contributed by atoms with Gasteiger partial charge in [0.1, 0.15) is 0 Å². The summed E-state index contributed by atoms with van der Waals surface area (Å²) in [7, 11) is 0. The Balaban J connectivity index is 1.81. The lowest BCUT2D eigenvalue weighted by Gasteiger charge is -2.19. The van der Waals surface area contributed by atoms with Gasteiger partial charge in [0.15, 0.2) is 0 Å².